The second-order valence-electron chi connectivity index (χ2n) is 2.93. The molecule has 0 unspecified atom stereocenters. The van der Waals surface area contributed by atoms with Crippen LogP contribution in [0.15, 0.2) is 23.3 Å². The number of aromatic nitrogens is 1. The fourth-order valence-electron chi connectivity index (χ4n) is 0.993. The van der Waals surface area contributed by atoms with Crippen LogP contribution in [0.5, 0.6) is 0 Å². The molecule has 0 aliphatic heterocycles. The molecule has 0 amide bonds. The number of hydrogen-bond acceptors (Lipinski definition) is 3. The summed E-state index contributed by atoms with van der Waals surface area (Å²) in [5.74, 6) is 0. The van der Waals surface area contributed by atoms with Crippen molar-refractivity contribution in [2.75, 3.05) is 6.54 Å². The average molecular weight is 286 g/mol. The Balaban J connectivity index is 0.00000225. The minimum absolute atomic E-state index is 0. The Labute approximate surface area is 111 Å². The summed E-state index contributed by atoms with van der Waals surface area (Å²) in [5, 5.41) is 7.40. The van der Waals surface area contributed by atoms with Gasteiger partial charge in [0.25, 0.3) is 0 Å². The molecular formula is C10H14CuN4S+2. The van der Waals surface area contributed by atoms with Crippen LogP contribution in [0.2, 0.25) is 0 Å². The molecule has 2 N–H and O–H groups in total. The van der Waals surface area contributed by atoms with Crippen LogP contribution in [0.1, 0.15) is 18.3 Å². The normalized spacial score (nSPS) is 9.62. The maximum Gasteiger partial charge on any atom is 2.00 e. The van der Waals surface area contributed by atoms with Gasteiger partial charge in [-0.3, -0.25) is 10.4 Å². The maximum atomic E-state index is 4.94. The van der Waals surface area contributed by atoms with E-state index in [1.807, 2.05) is 32.0 Å². The molecule has 1 aromatic heterocycles. The predicted molar refractivity (Wildman–Crippen MR) is 66.0 cm³/mol. The van der Waals surface area contributed by atoms with Crippen molar-refractivity contribution in [2.24, 2.45) is 5.10 Å². The molecule has 1 aromatic rings. The van der Waals surface area contributed by atoms with Crippen molar-refractivity contribution in [3.8, 4) is 0 Å². The van der Waals surface area contributed by atoms with Gasteiger partial charge in [-0.15, -0.1) is 0 Å². The quantitative estimate of drug-likeness (QED) is 0.379. The van der Waals surface area contributed by atoms with Crippen LogP contribution in [0, 0.1) is 6.92 Å². The minimum Gasteiger partial charge on any atom is -0.362 e. The Bertz CT molecular complexity index is 368. The zero-order valence-corrected chi connectivity index (χ0v) is 10.9. The first-order valence-electron chi connectivity index (χ1n) is 4.73. The first kappa shape index (κ1) is 15.0. The molecule has 89 valence electrons. The smallest absolute Gasteiger partial charge is 0.362 e. The SMILES string of the molecule is CCNC(=S)NN=Cc1cccc(C)n1.[Cu+2]. The van der Waals surface area contributed by atoms with Crippen molar-refractivity contribution in [1.29, 1.82) is 0 Å². The summed E-state index contributed by atoms with van der Waals surface area (Å²) < 4.78 is 0. The van der Waals surface area contributed by atoms with Crippen molar-refractivity contribution < 1.29 is 17.1 Å². The molecule has 0 saturated carbocycles. The van der Waals surface area contributed by atoms with Gasteiger partial charge in [-0.25, -0.2) is 0 Å². The molecular weight excluding hydrogens is 272 g/mol. The second-order valence-corrected chi connectivity index (χ2v) is 3.34. The molecule has 0 spiro atoms. The van der Waals surface area contributed by atoms with Crippen molar-refractivity contribution in [1.82, 2.24) is 15.7 Å². The van der Waals surface area contributed by atoms with E-state index >= 15 is 0 Å². The van der Waals surface area contributed by atoms with Crippen LogP contribution < -0.4 is 10.7 Å². The Morgan fingerprint density at radius 2 is 2.31 bits per heavy atom. The van der Waals surface area contributed by atoms with Gasteiger partial charge in [0, 0.05) is 12.2 Å². The first-order valence-corrected chi connectivity index (χ1v) is 5.13. The van der Waals surface area contributed by atoms with Crippen LogP contribution in [0.4, 0.5) is 0 Å². The summed E-state index contributed by atoms with van der Waals surface area (Å²) in [6.07, 6.45) is 1.64. The van der Waals surface area contributed by atoms with E-state index in [4.69, 9.17) is 12.2 Å². The molecule has 0 atom stereocenters. The Kier molecular flexibility index (Phi) is 7.71. The average Bonchev–Trinajstić information content (AvgIpc) is 2.18. The number of thiocarbonyl (C=S) groups is 1. The van der Waals surface area contributed by atoms with E-state index in [1.165, 1.54) is 0 Å². The largest absolute Gasteiger partial charge is 2.00 e. The third kappa shape index (κ3) is 5.80. The zero-order chi connectivity index (χ0) is 11.1. The van der Waals surface area contributed by atoms with E-state index in [1.54, 1.807) is 6.21 Å². The molecule has 16 heavy (non-hydrogen) atoms. The number of hydrogen-bond donors (Lipinski definition) is 2. The van der Waals surface area contributed by atoms with Crippen molar-refractivity contribution in [3.63, 3.8) is 0 Å². The van der Waals surface area contributed by atoms with Gasteiger partial charge >= 0.3 is 17.1 Å². The number of nitrogens with zero attached hydrogens (tertiary/aromatic N) is 2. The molecule has 1 heterocycles. The number of nitrogens with one attached hydrogen (secondary N) is 2. The number of aryl methyl sites for hydroxylation is 1. The Morgan fingerprint density at radius 3 is 2.94 bits per heavy atom. The predicted octanol–water partition coefficient (Wildman–Crippen LogP) is 1.21. The fourth-order valence-corrected chi connectivity index (χ4v) is 1.19. The molecule has 0 saturated heterocycles. The van der Waals surface area contributed by atoms with Crippen LogP contribution in [0.25, 0.3) is 0 Å². The number of pyridine rings is 1. The van der Waals surface area contributed by atoms with Crippen LogP contribution >= 0.6 is 12.2 Å². The monoisotopic (exact) mass is 285 g/mol. The second kappa shape index (κ2) is 8.21. The minimum atomic E-state index is 0. The van der Waals surface area contributed by atoms with Crippen molar-refractivity contribution in [2.45, 2.75) is 13.8 Å². The molecule has 4 nitrogen and oxygen atoms in total. The van der Waals surface area contributed by atoms with Crippen molar-refractivity contribution in [3.05, 3.63) is 29.6 Å². The van der Waals surface area contributed by atoms with E-state index in [9.17, 15) is 0 Å². The Morgan fingerprint density at radius 1 is 1.56 bits per heavy atom. The molecule has 0 aliphatic rings. The van der Waals surface area contributed by atoms with Gasteiger partial charge in [0.2, 0.25) is 0 Å². The van der Waals surface area contributed by atoms with Gasteiger partial charge in [-0.1, -0.05) is 6.07 Å². The summed E-state index contributed by atoms with van der Waals surface area (Å²) in [6, 6.07) is 5.76. The number of hydrazone groups is 1. The summed E-state index contributed by atoms with van der Waals surface area (Å²) in [7, 11) is 0. The summed E-state index contributed by atoms with van der Waals surface area (Å²) in [4.78, 5) is 4.26. The van der Waals surface area contributed by atoms with Crippen LogP contribution in [-0.4, -0.2) is 22.9 Å². The summed E-state index contributed by atoms with van der Waals surface area (Å²) in [6.45, 7) is 4.69. The summed E-state index contributed by atoms with van der Waals surface area (Å²) in [5.41, 5.74) is 4.47. The zero-order valence-electron chi connectivity index (χ0n) is 9.12. The standard InChI is InChI=1S/C10H14N4S.Cu/c1-3-11-10(15)14-12-7-9-6-4-5-8(2)13-9;/h4-7H,3H2,1-2H3,(H2,11,14,15);/q;+2. The first-order chi connectivity index (χ1) is 7.22. The molecule has 0 bridgehead atoms. The molecule has 1 rings (SSSR count). The van der Waals surface area contributed by atoms with E-state index in [-0.39, 0.29) is 17.1 Å². The van der Waals surface area contributed by atoms with Gasteiger partial charge in [-0.2, -0.15) is 5.10 Å². The van der Waals surface area contributed by atoms with E-state index in [0.717, 1.165) is 17.9 Å². The third-order valence-electron chi connectivity index (χ3n) is 1.61. The van der Waals surface area contributed by atoms with Crippen molar-refractivity contribution >= 4 is 23.5 Å². The maximum absolute atomic E-state index is 4.94. The van der Waals surface area contributed by atoms with Gasteiger partial charge in [0.15, 0.2) is 5.11 Å². The van der Waals surface area contributed by atoms with Crippen LogP contribution in [-0.2, 0) is 17.1 Å². The summed E-state index contributed by atoms with van der Waals surface area (Å²) >= 11 is 4.94. The molecule has 6 heteroatoms. The number of rotatable bonds is 3. The molecule has 0 fully saturated rings. The molecule has 0 aromatic carbocycles. The van der Waals surface area contributed by atoms with E-state index in [2.05, 4.69) is 20.8 Å². The van der Waals surface area contributed by atoms with Gasteiger partial charge in [0.1, 0.15) is 0 Å². The van der Waals surface area contributed by atoms with Gasteiger partial charge in [-0.05, 0) is 38.2 Å². The Hall–Kier alpha value is -0.971. The molecule has 0 aliphatic carbocycles. The molecule has 1 radical (unpaired) electrons. The van der Waals surface area contributed by atoms with Gasteiger partial charge < -0.3 is 5.32 Å². The van der Waals surface area contributed by atoms with E-state index in [0.29, 0.717) is 5.11 Å². The topological polar surface area (TPSA) is 49.3 Å². The van der Waals surface area contributed by atoms with Gasteiger partial charge in [0.05, 0.1) is 11.9 Å². The fraction of sp³-hybridized carbons (Fsp3) is 0.300. The third-order valence-corrected chi connectivity index (χ3v) is 1.85. The van der Waals surface area contributed by atoms with Crippen LogP contribution in [0.3, 0.4) is 0 Å². The van der Waals surface area contributed by atoms with E-state index < -0.39 is 0 Å².